The fraction of sp³-hybridized carbons (Fsp3) is 0.538. The molecule has 0 unspecified atom stereocenters. The van der Waals surface area contributed by atoms with Gasteiger partial charge in [0, 0.05) is 17.0 Å². The Balaban J connectivity index is 2.22. The number of nitro groups is 1. The van der Waals surface area contributed by atoms with Crippen LogP contribution in [0.3, 0.4) is 0 Å². The zero-order chi connectivity index (χ0) is 15.4. The van der Waals surface area contributed by atoms with Gasteiger partial charge >= 0.3 is 6.18 Å². The second kappa shape index (κ2) is 4.33. The van der Waals surface area contributed by atoms with Crippen LogP contribution in [-0.2, 0) is 0 Å². The smallest absolute Gasteiger partial charge is 0.432 e. The molecule has 2 aliphatic heterocycles. The van der Waals surface area contributed by atoms with Crippen LogP contribution in [0.15, 0.2) is 24.3 Å². The van der Waals surface area contributed by atoms with Crippen LogP contribution >= 0.6 is 0 Å². The second-order valence-electron chi connectivity index (χ2n) is 5.58. The number of hydrogen-bond donors (Lipinski definition) is 0. The van der Waals surface area contributed by atoms with Gasteiger partial charge < -0.3 is 4.74 Å². The maximum absolute atomic E-state index is 13.4. The minimum atomic E-state index is -4.80. The van der Waals surface area contributed by atoms with Crippen molar-refractivity contribution in [2.75, 3.05) is 20.1 Å². The zero-order valence-corrected chi connectivity index (χ0v) is 11.1. The number of halogens is 3. The van der Waals surface area contributed by atoms with Gasteiger partial charge in [0.2, 0.25) is 0 Å². The predicted molar refractivity (Wildman–Crippen MR) is 66.9 cm³/mol. The summed E-state index contributed by atoms with van der Waals surface area (Å²) in [5.74, 6) is -0.758. The molecule has 3 rings (SSSR count). The Bertz CT molecular complexity index is 592. The van der Waals surface area contributed by atoms with E-state index in [0.717, 1.165) is 0 Å². The third-order valence-corrected chi connectivity index (χ3v) is 4.25. The molecule has 1 saturated heterocycles. The fourth-order valence-electron chi connectivity index (χ4n) is 3.45. The summed E-state index contributed by atoms with van der Waals surface area (Å²) in [6.45, 7) is -0.0862. The summed E-state index contributed by atoms with van der Waals surface area (Å²) in [7, 11) is 1.58. The fourth-order valence-corrected chi connectivity index (χ4v) is 3.45. The van der Waals surface area contributed by atoms with Crippen LogP contribution in [-0.4, -0.2) is 47.8 Å². The molecule has 3 atom stereocenters. The Morgan fingerprint density at radius 3 is 2.71 bits per heavy atom. The Hall–Kier alpha value is -1.83. The summed E-state index contributed by atoms with van der Waals surface area (Å²) in [5, 5.41) is 11.6. The first kappa shape index (κ1) is 14.1. The Morgan fingerprint density at radius 1 is 1.43 bits per heavy atom. The number of alkyl halides is 3. The topological polar surface area (TPSA) is 55.6 Å². The highest BCUT2D eigenvalue weighted by atomic mass is 19.4. The Morgan fingerprint density at radius 2 is 2.10 bits per heavy atom. The second-order valence-corrected chi connectivity index (χ2v) is 5.58. The van der Waals surface area contributed by atoms with Crippen molar-refractivity contribution in [1.82, 2.24) is 4.90 Å². The number of hydrogen-bond acceptors (Lipinski definition) is 4. The van der Waals surface area contributed by atoms with Gasteiger partial charge in [-0.15, -0.1) is 0 Å². The van der Waals surface area contributed by atoms with Crippen LogP contribution in [0, 0.1) is 10.1 Å². The van der Waals surface area contributed by atoms with Crippen LogP contribution in [0.2, 0.25) is 0 Å². The van der Waals surface area contributed by atoms with Crippen molar-refractivity contribution in [3.05, 3.63) is 39.9 Å². The van der Waals surface area contributed by atoms with E-state index >= 15 is 0 Å². The molecule has 0 aromatic heterocycles. The van der Waals surface area contributed by atoms with E-state index in [1.54, 1.807) is 30.1 Å². The van der Waals surface area contributed by atoms with Gasteiger partial charge in [0.1, 0.15) is 5.75 Å². The van der Waals surface area contributed by atoms with Gasteiger partial charge in [-0.1, -0.05) is 18.2 Å². The first-order valence-electron chi connectivity index (χ1n) is 6.42. The summed E-state index contributed by atoms with van der Waals surface area (Å²) in [6.07, 6.45) is -7.24. The summed E-state index contributed by atoms with van der Waals surface area (Å²) >= 11 is 0. The summed E-state index contributed by atoms with van der Waals surface area (Å²) < 4.78 is 45.1. The molecule has 21 heavy (non-hydrogen) atoms. The number of nitrogens with zero attached hydrogens (tertiary/aromatic N) is 2. The largest absolute Gasteiger partial charge is 0.473 e. The molecule has 2 aliphatic rings. The summed E-state index contributed by atoms with van der Waals surface area (Å²) in [6, 6.07) is 6.24. The lowest BCUT2D eigenvalue weighted by Crippen LogP contribution is -2.64. The van der Waals surface area contributed by atoms with E-state index in [4.69, 9.17) is 4.74 Å². The summed E-state index contributed by atoms with van der Waals surface area (Å²) in [4.78, 5) is 12.3. The standard InChI is InChI=1S/C13H13F3N2O3/c1-17-6-9-8-4-2-3-5-10(8)21-11(13(14,15)16)12(9,7-17)18(19)20/h2-5,9,11H,6-7H2,1H3/t9-,11-,12+/m1/s1. The van der Waals surface area contributed by atoms with E-state index in [1.165, 1.54) is 6.07 Å². The molecule has 0 aliphatic carbocycles. The first-order valence-corrected chi connectivity index (χ1v) is 6.42. The van der Waals surface area contributed by atoms with Gasteiger partial charge in [-0.2, -0.15) is 13.2 Å². The van der Waals surface area contributed by atoms with Crippen molar-refractivity contribution in [2.24, 2.45) is 0 Å². The van der Waals surface area contributed by atoms with Crippen LogP contribution in [0.5, 0.6) is 5.75 Å². The number of para-hydroxylation sites is 1. The summed E-state index contributed by atoms with van der Waals surface area (Å²) in [5.41, 5.74) is -1.72. The molecule has 1 aromatic rings. The lowest BCUT2D eigenvalue weighted by atomic mass is 9.75. The van der Waals surface area contributed by atoms with Gasteiger partial charge in [0.05, 0.1) is 12.5 Å². The molecule has 0 radical (unpaired) electrons. The maximum atomic E-state index is 13.4. The number of rotatable bonds is 1. The molecule has 0 bridgehead atoms. The lowest BCUT2D eigenvalue weighted by molar-refractivity contribution is -0.591. The molecular formula is C13H13F3N2O3. The molecule has 114 valence electrons. The first-order chi connectivity index (χ1) is 9.76. The normalized spacial score (nSPS) is 32.2. The van der Waals surface area contributed by atoms with Crippen molar-refractivity contribution in [2.45, 2.75) is 23.7 Å². The van der Waals surface area contributed by atoms with Crippen molar-refractivity contribution in [3.63, 3.8) is 0 Å². The molecule has 8 heteroatoms. The molecule has 5 nitrogen and oxygen atoms in total. The van der Waals surface area contributed by atoms with Crippen molar-refractivity contribution >= 4 is 0 Å². The predicted octanol–water partition coefficient (Wildman–Crippen LogP) is 2.05. The molecule has 0 amide bonds. The number of likely N-dealkylation sites (N-methyl/N-ethyl adjacent to an activating group) is 1. The van der Waals surface area contributed by atoms with Gasteiger partial charge in [-0.25, -0.2) is 0 Å². The number of ether oxygens (including phenoxy) is 1. The highest BCUT2D eigenvalue weighted by molar-refractivity contribution is 5.43. The molecular weight excluding hydrogens is 289 g/mol. The van der Waals surface area contributed by atoms with E-state index < -0.39 is 28.7 Å². The van der Waals surface area contributed by atoms with Crippen molar-refractivity contribution < 1.29 is 22.8 Å². The third-order valence-electron chi connectivity index (χ3n) is 4.25. The number of benzene rings is 1. The van der Waals surface area contributed by atoms with Crippen LogP contribution in [0.1, 0.15) is 11.5 Å². The van der Waals surface area contributed by atoms with E-state index in [0.29, 0.717) is 5.56 Å². The molecule has 0 N–H and O–H groups in total. The molecule has 2 heterocycles. The van der Waals surface area contributed by atoms with Crippen LogP contribution < -0.4 is 4.74 Å². The number of fused-ring (bicyclic) bond motifs is 3. The lowest BCUT2D eigenvalue weighted by Gasteiger charge is -2.39. The Labute approximate surface area is 118 Å². The minimum Gasteiger partial charge on any atom is -0.473 e. The SMILES string of the molecule is CN1C[C@@H]2c3ccccc3O[C@@H](C(F)(F)F)[C@]2([N+](=O)[O-])C1. The molecule has 1 fully saturated rings. The van der Waals surface area contributed by atoms with Gasteiger partial charge in [0.25, 0.3) is 11.6 Å². The van der Waals surface area contributed by atoms with Crippen LogP contribution in [0.25, 0.3) is 0 Å². The monoisotopic (exact) mass is 302 g/mol. The highest BCUT2D eigenvalue weighted by Gasteiger charge is 2.73. The van der Waals surface area contributed by atoms with Gasteiger partial charge in [-0.05, 0) is 13.1 Å². The van der Waals surface area contributed by atoms with Crippen molar-refractivity contribution in [3.8, 4) is 5.75 Å². The highest BCUT2D eigenvalue weighted by Crippen LogP contribution is 2.51. The molecule has 1 aromatic carbocycles. The number of likely N-dealkylation sites (tertiary alicyclic amines) is 1. The molecule has 0 spiro atoms. The van der Waals surface area contributed by atoms with E-state index in [2.05, 4.69) is 0 Å². The maximum Gasteiger partial charge on any atom is 0.432 e. The molecule has 0 saturated carbocycles. The van der Waals surface area contributed by atoms with Gasteiger partial charge in [-0.3, -0.25) is 15.0 Å². The minimum absolute atomic E-state index is 0.0811. The Kier molecular flexibility index (Phi) is 2.91. The quantitative estimate of drug-likeness (QED) is 0.588. The van der Waals surface area contributed by atoms with E-state index in [1.807, 2.05) is 0 Å². The van der Waals surface area contributed by atoms with Crippen molar-refractivity contribution in [1.29, 1.82) is 0 Å². The average Bonchev–Trinajstić information content (AvgIpc) is 2.75. The van der Waals surface area contributed by atoms with E-state index in [-0.39, 0.29) is 18.8 Å². The van der Waals surface area contributed by atoms with Crippen LogP contribution in [0.4, 0.5) is 13.2 Å². The van der Waals surface area contributed by atoms with Gasteiger partial charge in [0.15, 0.2) is 0 Å². The third kappa shape index (κ3) is 1.89. The average molecular weight is 302 g/mol. The zero-order valence-electron chi connectivity index (χ0n) is 11.1. The van der Waals surface area contributed by atoms with E-state index in [9.17, 15) is 23.3 Å².